The first-order valence-corrected chi connectivity index (χ1v) is 8.57. The Morgan fingerprint density at radius 1 is 1.11 bits per heavy atom. The molecule has 0 unspecified atom stereocenters. The zero-order chi connectivity index (χ0) is 18.8. The van der Waals surface area contributed by atoms with Gasteiger partial charge in [-0.2, -0.15) is 0 Å². The van der Waals surface area contributed by atoms with Gasteiger partial charge >= 0.3 is 0 Å². The Morgan fingerprint density at radius 3 is 2.44 bits per heavy atom. The quantitative estimate of drug-likeness (QED) is 0.306. The molecule has 0 saturated carbocycles. The van der Waals surface area contributed by atoms with E-state index >= 15 is 0 Å². The molecular formula is C20H27IN4O2. The summed E-state index contributed by atoms with van der Waals surface area (Å²) in [4.78, 5) is 15.0. The van der Waals surface area contributed by atoms with Gasteiger partial charge in [0.1, 0.15) is 5.75 Å². The normalized spacial score (nSPS) is 10.7. The second-order valence-corrected chi connectivity index (χ2v) is 5.93. The van der Waals surface area contributed by atoms with Crippen LogP contribution >= 0.6 is 24.0 Å². The number of nitrogens with zero attached hydrogens (tertiary/aromatic N) is 1. The van der Waals surface area contributed by atoms with Crippen molar-refractivity contribution in [2.75, 3.05) is 20.2 Å². The molecule has 0 aliphatic carbocycles. The van der Waals surface area contributed by atoms with Crippen LogP contribution in [0.2, 0.25) is 0 Å². The minimum absolute atomic E-state index is 0. The molecular weight excluding hydrogens is 455 g/mol. The van der Waals surface area contributed by atoms with Crippen LogP contribution in [0.4, 0.5) is 0 Å². The van der Waals surface area contributed by atoms with E-state index < -0.39 is 5.91 Å². The summed E-state index contributed by atoms with van der Waals surface area (Å²) in [6.07, 6.45) is 0.848. The third kappa shape index (κ3) is 8.29. The van der Waals surface area contributed by atoms with Gasteiger partial charge in [-0.15, -0.1) is 24.0 Å². The first kappa shape index (κ1) is 22.8. The van der Waals surface area contributed by atoms with E-state index in [1.54, 1.807) is 7.05 Å². The number of aliphatic imine (C=N–C) groups is 1. The number of guanidine groups is 1. The Balaban J connectivity index is 0.00000364. The number of primary amides is 1. The molecule has 2 aromatic carbocycles. The Morgan fingerprint density at radius 2 is 1.81 bits per heavy atom. The molecule has 0 aromatic heterocycles. The highest BCUT2D eigenvalue weighted by molar-refractivity contribution is 14.0. The summed E-state index contributed by atoms with van der Waals surface area (Å²) in [6, 6.07) is 15.9. The number of amides is 1. The minimum atomic E-state index is -0.483. The maximum absolute atomic E-state index is 10.7. The topological polar surface area (TPSA) is 88.7 Å². The van der Waals surface area contributed by atoms with Crippen molar-refractivity contribution in [2.24, 2.45) is 10.7 Å². The van der Waals surface area contributed by atoms with E-state index in [9.17, 15) is 4.79 Å². The van der Waals surface area contributed by atoms with Crippen molar-refractivity contribution in [3.63, 3.8) is 0 Å². The number of nitrogens with two attached hydrogens (primary N) is 1. The van der Waals surface area contributed by atoms with Crippen LogP contribution < -0.4 is 21.1 Å². The van der Waals surface area contributed by atoms with Crippen LogP contribution in [0.3, 0.4) is 0 Å². The highest BCUT2D eigenvalue weighted by atomic mass is 127. The Hall–Kier alpha value is -2.29. The zero-order valence-electron chi connectivity index (χ0n) is 15.7. The number of hydrogen-bond acceptors (Lipinski definition) is 3. The van der Waals surface area contributed by atoms with Crippen LogP contribution in [-0.2, 0) is 17.8 Å². The van der Waals surface area contributed by atoms with E-state index in [1.165, 1.54) is 16.7 Å². The molecule has 0 radical (unpaired) electrons. The molecule has 0 spiro atoms. The van der Waals surface area contributed by atoms with Gasteiger partial charge in [-0.1, -0.05) is 36.4 Å². The third-order valence-corrected chi connectivity index (χ3v) is 3.94. The molecule has 7 heteroatoms. The summed E-state index contributed by atoms with van der Waals surface area (Å²) in [7, 11) is 1.76. The molecule has 6 nitrogen and oxygen atoms in total. The molecule has 2 aromatic rings. The standard InChI is InChI=1S/C20H26N4O2.HI/c1-15-5-3-4-6-17(15)13-24-20(22-2)23-12-11-16-7-9-18(10-8-16)26-14-19(21)25;/h3-10H,11-14H2,1-2H3,(H2,21,25)(H2,22,23,24);1H. The predicted octanol–water partition coefficient (Wildman–Crippen LogP) is 2.38. The summed E-state index contributed by atoms with van der Waals surface area (Å²) in [5.41, 5.74) is 8.73. The van der Waals surface area contributed by atoms with Gasteiger partial charge in [0, 0.05) is 20.1 Å². The Kier molecular flexibility index (Phi) is 10.2. The van der Waals surface area contributed by atoms with Gasteiger partial charge < -0.3 is 21.1 Å². The van der Waals surface area contributed by atoms with Crippen molar-refractivity contribution in [2.45, 2.75) is 19.9 Å². The van der Waals surface area contributed by atoms with E-state index in [4.69, 9.17) is 10.5 Å². The summed E-state index contributed by atoms with van der Waals surface area (Å²) in [6.45, 7) is 3.49. The second kappa shape index (κ2) is 12.2. The molecule has 0 fully saturated rings. The first-order chi connectivity index (χ1) is 12.6. The highest BCUT2D eigenvalue weighted by Gasteiger charge is 2.02. The molecule has 27 heavy (non-hydrogen) atoms. The molecule has 1 amide bonds. The van der Waals surface area contributed by atoms with Crippen LogP contribution in [0, 0.1) is 6.92 Å². The van der Waals surface area contributed by atoms with Gasteiger partial charge in [0.2, 0.25) is 0 Å². The fraction of sp³-hybridized carbons (Fsp3) is 0.300. The fourth-order valence-electron chi connectivity index (χ4n) is 2.44. The van der Waals surface area contributed by atoms with E-state index in [2.05, 4.69) is 34.7 Å². The molecule has 0 bridgehead atoms. The van der Waals surface area contributed by atoms with E-state index in [0.29, 0.717) is 5.75 Å². The third-order valence-electron chi connectivity index (χ3n) is 3.94. The molecule has 2 rings (SSSR count). The second-order valence-electron chi connectivity index (χ2n) is 5.93. The lowest BCUT2D eigenvalue weighted by Gasteiger charge is -2.13. The smallest absolute Gasteiger partial charge is 0.255 e. The van der Waals surface area contributed by atoms with E-state index in [-0.39, 0.29) is 30.6 Å². The highest BCUT2D eigenvalue weighted by Crippen LogP contribution is 2.12. The number of rotatable bonds is 8. The number of ether oxygens (including phenoxy) is 1. The molecule has 0 aliphatic rings. The number of halogens is 1. The molecule has 146 valence electrons. The van der Waals surface area contributed by atoms with Crippen LogP contribution in [0.1, 0.15) is 16.7 Å². The van der Waals surface area contributed by atoms with Crippen molar-refractivity contribution in [1.82, 2.24) is 10.6 Å². The lowest BCUT2D eigenvalue weighted by molar-refractivity contribution is -0.119. The van der Waals surface area contributed by atoms with Crippen LogP contribution in [0.25, 0.3) is 0 Å². The van der Waals surface area contributed by atoms with Crippen LogP contribution in [0.15, 0.2) is 53.5 Å². The summed E-state index contributed by atoms with van der Waals surface area (Å²) in [5.74, 6) is 0.925. The number of carbonyl (C=O) groups excluding carboxylic acids is 1. The van der Waals surface area contributed by atoms with E-state index in [1.807, 2.05) is 36.4 Å². The van der Waals surface area contributed by atoms with Crippen molar-refractivity contribution in [1.29, 1.82) is 0 Å². The molecule has 0 saturated heterocycles. The van der Waals surface area contributed by atoms with Gasteiger partial charge in [0.25, 0.3) is 5.91 Å². The Labute approximate surface area is 177 Å². The van der Waals surface area contributed by atoms with Gasteiger partial charge in [-0.3, -0.25) is 9.79 Å². The molecule has 0 atom stereocenters. The van der Waals surface area contributed by atoms with Crippen molar-refractivity contribution in [3.05, 3.63) is 65.2 Å². The molecule has 4 N–H and O–H groups in total. The van der Waals surface area contributed by atoms with Crippen LogP contribution in [0.5, 0.6) is 5.75 Å². The summed E-state index contributed by atoms with van der Waals surface area (Å²) in [5, 5.41) is 6.63. The maximum atomic E-state index is 10.7. The zero-order valence-corrected chi connectivity index (χ0v) is 18.0. The lowest BCUT2D eigenvalue weighted by Crippen LogP contribution is -2.38. The average Bonchev–Trinajstić information content (AvgIpc) is 2.65. The van der Waals surface area contributed by atoms with E-state index in [0.717, 1.165) is 25.5 Å². The van der Waals surface area contributed by atoms with Gasteiger partial charge in [0.05, 0.1) is 0 Å². The van der Waals surface area contributed by atoms with Crippen LogP contribution in [-0.4, -0.2) is 32.1 Å². The maximum Gasteiger partial charge on any atom is 0.255 e. The largest absolute Gasteiger partial charge is 0.484 e. The average molecular weight is 482 g/mol. The summed E-state index contributed by atoms with van der Waals surface area (Å²) >= 11 is 0. The SMILES string of the molecule is CN=C(NCCc1ccc(OCC(N)=O)cc1)NCc1ccccc1C.I. The number of hydrogen-bond donors (Lipinski definition) is 3. The van der Waals surface area contributed by atoms with Crippen molar-refractivity contribution < 1.29 is 9.53 Å². The van der Waals surface area contributed by atoms with Crippen molar-refractivity contribution >= 4 is 35.8 Å². The van der Waals surface area contributed by atoms with Gasteiger partial charge in [-0.05, 0) is 42.2 Å². The fourth-order valence-corrected chi connectivity index (χ4v) is 2.44. The monoisotopic (exact) mass is 482 g/mol. The number of benzene rings is 2. The lowest BCUT2D eigenvalue weighted by atomic mass is 10.1. The predicted molar refractivity (Wildman–Crippen MR) is 120 cm³/mol. The minimum Gasteiger partial charge on any atom is -0.484 e. The Bertz CT molecular complexity index is 748. The first-order valence-electron chi connectivity index (χ1n) is 8.57. The van der Waals surface area contributed by atoms with Crippen molar-refractivity contribution in [3.8, 4) is 5.75 Å². The summed E-state index contributed by atoms with van der Waals surface area (Å²) < 4.78 is 5.25. The number of aryl methyl sites for hydroxylation is 1. The number of nitrogens with one attached hydrogen (secondary N) is 2. The van der Waals surface area contributed by atoms with Gasteiger partial charge in [-0.25, -0.2) is 0 Å². The molecule has 0 heterocycles. The molecule has 0 aliphatic heterocycles. The van der Waals surface area contributed by atoms with Gasteiger partial charge in [0.15, 0.2) is 12.6 Å². The number of carbonyl (C=O) groups is 1.